The van der Waals surface area contributed by atoms with Gasteiger partial charge in [-0.15, -0.1) is 0 Å². The minimum Gasteiger partial charge on any atom is -0.376 e. The van der Waals surface area contributed by atoms with Crippen molar-refractivity contribution in [1.29, 1.82) is 5.26 Å². The molecule has 0 radical (unpaired) electrons. The molecule has 3 aliphatic rings. The summed E-state index contributed by atoms with van der Waals surface area (Å²) in [7, 11) is 0. The molecule has 94 valence electrons. The molecule has 3 heterocycles. The van der Waals surface area contributed by atoms with Crippen LogP contribution >= 0.6 is 0 Å². The van der Waals surface area contributed by atoms with Gasteiger partial charge in [0, 0.05) is 12.3 Å². The van der Waals surface area contributed by atoms with Crippen molar-refractivity contribution in [3.05, 3.63) is 0 Å². The van der Waals surface area contributed by atoms with Crippen LogP contribution in [0.15, 0.2) is 0 Å². The van der Waals surface area contributed by atoms with E-state index in [1.165, 1.54) is 0 Å². The van der Waals surface area contributed by atoms with Crippen LogP contribution in [-0.4, -0.2) is 37.1 Å². The molecule has 2 unspecified atom stereocenters. The second-order valence-electron chi connectivity index (χ2n) is 5.61. The highest BCUT2D eigenvalue weighted by Gasteiger charge is 2.55. The first-order valence-corrected chi connectivity index (χ1v) is 6.52. The minimum atomic E-state index is -0.207. The van der Waals surface area contributed by atoms with Crippen LogP contribution in [0.25, 0.3) is 0 Å². The van der Waals surface area contributed by atoms with E-state index in [9.17, 15) is 0 Å². The van der Waals surface area contributed by atoms with Crippen LogP contribution < -0.4 is 0 Å². The molecule has 1 spiro atoms. The predicted octanol–water partition coefficient (Wildman–Crippen LogP) is 1.64. The first-order chi connectivity index (χ1) is 8.22. The molecule has 0 aromatic carbocycles. The van der Waals surface area contributed by atoms with E-state index >= 15 is 0 Å². The summed E-state index contributed by atoms with van der Waals surface area (Å²) >= 11 is 0. The van der Waals surface area contributed by atoms with Crippen molar-refractivity contribution in [3.8, 4) is 6.07 Å². The molecule has 0 aliphatic carbocycles. The number of ether oxygens (including phenoxy) is 3. The topological polar surface area (TPSA) is 51.5 Å². The average molecular weight is 237 g/mol. The van der Waals surface area contributed by atoms with Crippen LogP contribution in [-0.2, 0) is 14.2 Å². The first-order valence-electron chi connectivity index (χ1n) is 6.52. The summed E-state index contributed by atoms with van der Waals surface area (Å²) in [5, 5.41) is 8.87. The Labute approximate surface area is 102 Å². The second-order valence-corrected chi connectivity index (χ2v) is 5.61. The van der Waals surface area contributed by atoms with Crippen molar-refractivity contribution in [2.75, 3.05) is 13.2 Å². The Bertz CT molecular complexity index is 340. The van der Waals surface area contributed by atoms with E-state index < -0.39 is 0 Å². The van der Waals surface area contributed by atoms with Gasteiger partial charge in [-0.05, 0) is 26.2 Å². The lowest BCUT2D eigenvalue weighted by Crippen LogP contribution is -2.52. The maximum atomic E-state index is 8.87. The number of nitrogens with zero attached hydrogens (tertiary/aromatic N) is 1. The quantitative estimate of drug-likeness (QED) is 0.732. The molecular formula is C13H19NO3. The van der Waals surface area contributed by atoms with Crippen LogP contribution in [0.3, 0.4) is 0 Å². The molecule has 17 heavy (non-hydrogen) atoms. The molecule has 0 aromatic heterocycles. The largest absolute Gasteiger partial charge is 0.376 e. The van der Waals surface area contributed by atoms with Gasteiger partial charge in [-0.2, -0.15) is 5.26 Å². The Kier molecular flexibility index (Phi) is 2.86. The standard InChI is InChI=1S/C13H19NO3/c1-9(6-14)4-10-2-3-12-13(17-10)5-11(16-12)7-15-8-13/h9-12H,2-5,7-8H2,1H3/t9-,10-,11?,12+,13?/m1/s1. The Hall–Kier alpha value is -0.630. The van der Waals surface area contributed by atoms with Gasteiger partial charge < -0.3 is 14.2 Å². The summed E-state index contributed by atoms with van der Waals surface area (Å²) in [5.74, 6) is 0.0653. The highest BCUT2D eigenvalue weighted by molar-refractivity contribution is 5.04. The fourth-order valence-corrected chi connectivity index (χ4v) is 3.36. The van der Waals surface area contributed by atoms with Gasteiger partial charge in [0.15, 0.2) is 0 Å². The zero-order chi connectivity index (χ0) is 11.9. The van der Waals surface area contributed by atoms with E-state index in [1.54, 1.807) is 0 Å². The minimum absolute atomic E-state index is 0.0653. The van der Waals surface area contributed by atoms with Crippen LogP contribution in [0.1, 0.15) is 32.6 Å². The predicted molar refractivity (Wildman–Crippen MR) is 60.3 cm³/mol. The summed E-state index contributed by atoms with van der Waals surface area (Å²) in [6.07, 6.45) is 4.48. The molecule has 4 heteroatoms. The molecule has 3 rings (SSSR count). The van der Waals surface area contributed by atoms with E-state index in [-0.39, 0.29) is 29.8 Å². The summed E-state index contributed by atoms with van der Waals surface area (Å²) in [6, 6.07) is 2.28. The van der Waals surface area contributed by atoms with Gasteiger partial charge in [-0.25, -0.2) is 0 Å². The third kappa shape index (κ3) is 1.97. The summed E-state index contributed by atoms with van der Waals surface area (Å²) in [5.41, 5.74) is -0.207. The third-order valence-electron chi connectivity index (χ3n) is 4.16. The number of hydrogen-bond donors (Lipinski definition) is 0. The molecule has 5 atom stereocenters. The Morgan fingerprint density at radius 3 is 3.18 bits per heavy atom. The van der Waals surface area contributed by atoms with Crippen LogP contribution in [0.2, 0.25) is 0 Å². The molecule has 3 fully saturated rings. The molecule has 0 aromatic rings. The number of hydrogen-bond acceptors (Lipinski definition) is 4. The zero-order valence-electron chi connectivity index (χ0n) is 10.2. The second kappa shape index (κ2) is 4.24. The van der Waals surface area contributed by atoms with Crippen molar-refractivity contribution in [3.63, 3.8) is 0 Å². The maximum absolute atomic E-state index is 8.87. The highest BCUT2D eigenvalue weighted by atomic mass is 16.6. The molecule has 0 saturated carbocycles. The SMILES string of the molecule is C[C@@H](C#N)C[C@H]1CC[C@@H]2OC3COCC2(C3)O1. The van der Waals surface area contributed by atoms with Gasteiger partial charge in [0.25, 0.3) is 0 Å². The van der Waals surface area contributed by atoms with Crippen molar-refractivity contribution >= 4 is 0 Å². The van der Waals surface area contributed by atoms with E-state index in [4.69, 9.17) is 19.5 Å². The van der Waals surface area contributed by atoms with E-state index in [1.807, 2.05) is 6.92 Å². The van der Waals surface area contributed by atoms with Gasteiger partial charge in [-0.1, -0.05) is 0 Å². The molecule has 3 aliphatic heterocycles. The number of nitriles is 1. The first kappa shape index (κ1) is 11.5. The van der Waals surface area contributed by atoms with Gasteiger partial charge in [-0.3, -0.25) is 0 Å². The van der Waals surface area contributed by atoms with Crippen molar-refractivity contribution in [2.45, 2.75) is 56.5 Å². The van der Waals surface area contributed by atoms with Gasteiger partial charge in [0.1, 0.15) is 5.60 Å². The molecule has 2 bridgehead atoms. The normalized spacial score (nSPS) is 46.0. The van der Waals surface area contributed by atoms with Crippen molar-refractivity contribution < 1.29 is 14.2 Å². The average Bonchev–Trinajstić information content (AvgIpc) is 2.58. The summed E-state index contributed by atoms with van der Waals surface area (Å²) < 4.78 is 17.8. The molecule has 0 amide bonds. The monoisotopic (exact) mass is 237 g/mol. The van der Waals surface area contributed by atoms with Gasteiger partial charge >= 0.3 is 0 Å². The Balaban J connectivity index is 1.69. The molecule has 3 saturated heterocycles. The Morgan fingerprint density at radius 1 is 1.47 bits per heavy atom. The molecule has 4 nitrogen and oxygen atoms in total. The Morgan fingerprint density at radius 2 is 2.35 bits per heavy atom. The number of fused-ring (bicyclic) bond motifs is 1. The van der Waals surface area contributed by atoms with Gasteiger partial charge in [0.05, 0.1) is 37.6 Å². The van der Waals surface area contributed by atoms with Crippen molar-refractivity contribution in [1.82, 2.24) is 0 Å². The lowest BCUT2D eigenvalue weighted by molar-refractivity contribution is -0.185. The van der Waals surface area contributed by atoms with Crippen LogP contribution in [0.4, 0.5) is 0 Å². The van der Waals surface area contributed by atoms with E-state index in [0.29, 0.717) is 13.2 Å². The summed E-state index contributed by atoms with van der Waals surface area (Å²) in [6.45, 7) is 3.32. The summed E-state index contributed by atoms with van der Waals surface area (Å²) in [4.78, 5) is 0. The fourth-order valence-electron chi connectivity index (χ4n) is 3.36. The smallest absolute Gasteiger partial charge is 0.120 e. The lowest BCUT2D eigenvalue weighted by Gasteiger charge is -2.42. The van der Waals surface area contributed by atoms with Crippen LogP contribution in [0, 0.1) is 17.2 Å². The third-order valence-corrected chi connectivity index (χ3v) is 4.16. The van der Waals surface area contributed by atoms with Crippen molar-refractivity contribution in [2.24, 2.45) is 5.92 Å². The maximum Gasteiger partial charge on any atom is 0.120 e. The molecule has 0 N–H and O–H groups in total. The fraction of sp³-hybridized carbons (Fsp3) is 0.923. The van der Waals surface area contributed by atoms with E-state index in [0.717, 1.165) is 25.7 Å². The zero-order valence-corrected chi connectivity index (χ0v) is 10.2. The molecular weight excluding hydrogens is 218 g/mol. The highest BCUT2D eigenvalue weighted by Crippen LogP contribution is 2.45. The van der Waals surface area contributed by atoms with Gasteiger partial charge in [0.2, 0.25) is 0 Å². The van der Waals surface area contributed by atoms with Crippen LogP contribution in [0.5, 0.6) is 0 Å². The lowest BCUT2D eigenvalue weighted by atomic mass is 9.85. The number of rotatable bonds is 2. The van der Waals surface area contributed by atoms with E-state index in [2.05, 4.69) is 6.07 Å².